The molecule has 1 unspecified atom stereocenters. The second-order valence-electron chi connectivity index (χ2n) is 7.60. The van der Waals surface area contributed by atoms with Gasteiger partial charge in [0.05, 0.1) is 24.6 Å². The number of hydrogen-bond donors (Lipinski definition) is 1. The summed E-state index contributed by atoms with van der Waals surface area (Å²) in [5, 5.41) is 2.98. The Morgan fingerprint density at radius 2 is 1.66 bits per heavy atom. The van der Waals surface area contributed by atoms with Crippen LogP contribution in [0.5, 0.6) is 5.75 Å². The number of hydrogen-bond acceptors (Lipinski definition) is 4. The summed E-state index contributed by atoms with van der Waals surface area (Å²) in [4.78, 5) is 12.8. The van der Waals surface area contributed by atoms with Gasteiger partial charge in [0.25, 0.3) is 0 Å². The number of sulfonamides is 1. The summed E-state index contributed by atoms with van der Waals surface area (Å²) in [5.41, 5.74) is 1.93. The number of methoxy groups -OCH3 is 1. The molecule has 2 aromatic rings. The van der Waals surface area contributed by atoms with Gasteiger partial charge in [0, 0.05) is 7.05 Å². The molecule has 0 saturated heterocycles. The van der Waals surface area contributed by atoms with Crippen molar-refractivity contribution in [2.45, 2.75) is 38.1 Å². The fraction of sp³-hybridized carbons (Fsp3) is 0.409. The zero-order valence-electron chi connectivity index (χ0n) is 17.7. The number of amides is 1. The maximum absolute atomic E-state index is 12.7. The third-order valence-electron chi connectivity index (χ3n) is 4.66. The van der Waals surface area contributed by atoms with Gasteiger partial charge in [-0.15, -0.1) is 0 Å². The molecule has 6 nitrogen and oxygen atoms in total. The van der Waals surface area contributed by atoms with E-state index in [9.17, 15) is 13.2 Å². The maximum Gasteiger partial charge on any atom is 0.243 e. The minimum absolute atomic E-state index is 0.173. The first-order valence-electron chi connectivity index (χ1n) is 9.59. The van der Waals surface area contributed by atoms with E-state index in [1.807, 2.05) is 31.2 Å². The lowest BCUT2D eigenvalue weighted by Gasteiger charge is -2.23. The Morgan fingerprint density at radius 1 is 1.07 bits per heavy atom. The quantitative estimate of drug-likeness (QED) is 0.676. The van der Waals surface area contributed by atoms with Crippen LogP contribution in [0.1, 0.15) is 37.4 Å². The molecule has 2 aromatic carbocycles. The van der Waals surface area contributed by atoms with Crippen molar-refractivity contribution in [3.63, 3.8) is 0 Å². The van der Waals surface area contributed by atoms with Crippen molar-refractivity contribution in [2.75, 3.05) is 20.7 Å². The average Bonchev–Trinajstić information content (AvgIpc) is 2.67. The van der Waals surface area contributed by atoms with E-state index in [-0.39, 0.29) is 23.4 Å². The molecule has 1 N–H and O–H groups in total. The Labute approximate surface area is 173 Å². The molecule has 1 amide bonds. The molecule has 1 atom stereocenters. The molecule has 0 spiro atoms. The number of likely N-dealkylation sites (N-methyl/N-ethyl adjacent to an activating group) is 1. The number of nitrogens with one attached hydrogen (secondary N) is 1. The molecule has 29 heavy (non-hydrogen) atoms. The van der Waals surface area contributed by atoms with E-state index in [0.29, 0.717) is 5.92 Å². The van der Waals surface area contributed by atoms with E-state index in [2.05, 4.69) is 19.2 Å². The van der Waals surface area contributed by atoms with Crippen LogP contribution in [-0.4, -0.2) is 39.3 Å². The highest BCUT2D eigenvalue weighted by Crippen LogP contribution is 2.24. The minimum atomic E-state index is -3.73. The molecular formula is C22H30N2O4S. The fourth-order valence-electron chi connectivity index (χ4n) is 3.00. The lowest BCUT2D eigenvalue weighted by Crippen LogP contribution is -2.40. The summed E-state index contributed by atoms with van der Waals surface area (Å²) in [7, 11) is -0.707. The van der Waals surface area contributed by atoms with E-state index in [1.54, 1.807) is 31.4 Å². The van der Waals surface area contributed by atoms with Crippen molar-refractivity contribution in [3.8, 4) is 5.75 Å². The van der Waals surface area contributed by atoms with Crippen molar-refractivity contribution in [3.05, 3.63) is 59.7 Å². The summed E-state index contributed by atoms with van der Waals surface area (Å²) in [5.74, 6) is 0.758. The third-order valence-corrected chi connectivity index (χ3v) is 6.47. The van der Waals surface area contributed by atoms with Gasteiger partial charge >= 0.3 is 0 Å². The highest BCUT2D eigenvalue weighted by atomic mass is 32.2. The third kappa shape index (κ3) is 6.30. The Kier molecular flexibility index (Phi) is 7.81. The normalized spacial score (nSPS) is 12.8. The number of benzene rings is 2. The molecule has 0 aliphatic rings. The molecule has 0 aromatic heterocycles. The zero-order chi connectivity index (χ0) is 21.6. The van der Waals surface area contributed by atoms with Crippen LogP contribution in [0, 0.1) is 12.8 Å². The Hall–Kier alpha value is -2.38. The predicted octanol–water partition coefficient (Wildman–Crippen LogP) is 3.53. The molecule has 158 valence electrons. The average molecular weight is 419 g/mol. The number of ether oxygens (including phenoxy) is 1. The first kappa shape index (κ1) is 22.9. The van der Waals surface area contributed by atoms with E-state index in [0.717, 1.165) is 27.6 Å². The number of aryl methyl sites for hydroxylation is 1. The van der Waals surface area contributed by atoms with Gasteiger partial charge in [-0.05, 0) is 49.1 Å². The van der Waals surface area contributed by atoms with Gasteiger partial charge in [-0.2, -0.15) is 4.31 Å². The van der Waals surface area contributed by atoms with Crippen LogP contribution in [-0.2, 0) is 14.8 Å². The SMILES string of the molecule is COc1ccc(C(CC(C)C)NC(=O)CN(C)S(=O)(=O)c2ccc(C)cc2)cc1. The number of carbonyl (C=O) groups is 1. The smallest absolute Gasteiger partial charge is 0.243 e. The minimum Gasteiger partial charge on any atom is -0.497 e. The molecule has 0 radical (unpaired) electrons. The van der Waals surface area contributed by atoms with Crippen molar-refractivity contribution in [1.82, 2.24) is 9.62 Å². The summed E-state index contributed by atoms with van der Waals surface area (Å²) in [6.07, 6.45) is 0.743. The molecule has 0 heterocycles. The van der Waals surface area contributed by atoms with Gasteiger partial charge in [-0.1, -0.05) is 43.7 Å². The number of carbonyl (C=O) groups excluding carboxylic acids is 1. The summed E-state index contributed by atoms with van der Waals surface area (Å²) < 4.78 is 31.7. The summed E-state index contributed by atoms with van der Waals surface area (Å²) in [6.45, 7) is 5.80. The van der Waals surface area contributed by atoms with E-state index >= 15 is 0 Å². The van der Waals surface area contributed by atoms with Gasteiger partial charge in [-0.3, -0.25) is 4.79 Å². The molecule has 0 aliphatic carbocycles. The van der Waals surface area contributed by atoms with Crippen LogP contribution in [0.15, 0.2) is 53.4 Å². The van der Waals surface area contributed by atoms with Crippen LogP contribution < -0.4 is 10.1 Å². The van der Waals surface area contributed by atoms with E-state index in [4.69, 9.17) is 4.74 Å². The van der Waals surface area contributed by atoms with Crippen LogP contribution >= 0.6 is 0 Å². The van der Waals surface area contributed by atoms with Crippen molar-refractivity contribution in [1.29, 1.82) is 0 Å². The highest BCUT2D eigenvalue weighted by molar-refractivity contribution is 7.89. The molecule has 0 bridgehead atoms. The molecule has 7 heteroatoms. The summed E-state index contributed by atoms with van der Waals surface area (Å²) in [6, 6.07) is 13.9. The van der Waals surface area contributed by atoms with Crippen LogP contribution in [0.2, 0.25) is 0 Å². The standard InChI is InChI=1S/C22H30N2O4S/c1-16(2)14-21(18-8-10-19(28-5)11-9-18)23-22(25)15-24(4)29(26,27)20-12-6-17(3)7-13-20/h6-13,16,21H,14-15H2,1-5H3,(H,23,25). The fourth-order valence-corrected chi connectivity index (χ4v) is 4.13. The van der Waals surface area contributed by atoms with Gasteiger partial charge in [0.15, 0.2) is 0 Å². The van der Waals surface area contributed by atoms with Gasteiger partial charge < -0.3 is 10.1 Å². The van der Waals surface area contributed by atoms with Crippen LogP contribution in [0.4, 0.5) is 0 Å². The van der Waals surface area contributed by atoms with Gasteiger partial charge in [0.2, 0.25) is 15.9 Å². The Bertz CT molecular complexity index is 907. The molecule has 0 aliphatic heterocycles. The van der Waals surface area contributed by atoms with Crippen molar-refractivity contribution >= 4 is 15.9 Å². The predicted molar refractivity (Wildman–Crippen MR) is 114 cm³/mol. The Morgan fingerprint density at radius 3 is 2.17 bits per heavy atom. The van der Waals surface area contributed by atoms with E-state index in [1.165, 1.54) is 7.05 Å². The molecule has 2 rings (SSSR count). The second kappa shape index (κ2) is 9.89. The lowest BCUT2D eigenvalue weighted by atomic mass is 9.97. The first-order chi connectivity index (χ1) is 13.6. The topological polar surface area (TPSA) is 75.7 Å². The van der Waals surface area contributed by atoms with E-state index < -0.39 is 10.0 Å². The lowest BCUT2D eigenvalue weighted by molar-refractivity contribution is -0.122. The monoisotopic (exact) mass is 418 g/mol. The second-order valence-corrected chi connectivity index (χ2v) is 9.64. The number of nitrogens with zero attached hydrogens (tertiary/aromatic N) is 1. The first-order valence-corrected chi connectivity index (χ1v) is 11.0. The summed E-state index contributed by atoms with van der Waals surface area (Å²) >= 11 is 0. The zero-order valence-corrected chi connectivity index (χ0v) is 18.5. The number of rotatable bonds is 9. The molecular weight excluding hydrogens is 388 g/mol. The maximum atomic E-state index is 12.7. The highest BCUT2D eigenvalue weighted by Gasteiger charge is 2.24. The van der Waals surface area contributed by atoms with Crippen LogP contribution in [0.25, 0.3) is 0 Å². The van der Waals surface area contributed by atoms with Crippen molar-refractivity contribution < 1.29 is 17.9 Å². The largest absolute Gasteiger partial charge is 0.497 e. The Balaban J connectivity index is 2.11. The molecule has 0 saturated carbocycles. The van der Waals surface area contributed by atoms with Gasteiger partial charge in [-0.25, -0.2) is 8.42 Å². The van der Waals surface area contributed by atoms with Gasteiger partial charge in [0.1, 0.15) is 5.75 Å². The van der Waals surface area contributed by atoms with Crippen molar-refractivity contribution in [2.24, 2.45) is 5.92 Å². The molecule has 0 fully saturated rings. The van der Waals surface area contributed by atoms with Crippen LogP contribution in [0.3, 0.4) is 0 Å².